The molecule has 0 aliphatic rings. The predicted molar refractivity (Wildman–Crippen MR) is 125 cm³/mol. The normalized spacial score (nSPS) is 12.1. The summed E-state index contributed by atoms with van der Waals surface area (Å²) in [5, 5.41) is 17.1. The molecule has 0 radical (unpaired) electrons. The number of benzene rings is 2. The highest BCUT2D eigenvalue weighted by Crippen LogP contribution is 2.32. The van der Waals surface area contributed by atoms with E-state index in [0.717, 1.165) is 39.6 Å². The third kappa shape index (κ3) is 3.96. The zero-order valence-corrected chi connectivity index (χ0v) is 18.0. The molecule has 0 bridgehead atoms. The number of nitrogens with zero attached hydrogens (tertiary/aromatic N) is 4. The van der Waals surface area contributed by atoms with Crippen molar-refractivity contribution in [3.63, 3.8) is 0 Å². The van der Waals surface area contributed by atoms with Crippen LogP contribution in [-0.2, 0) is 0 Å². The summed E-state index contributed by atoms with van der Waals surface area (Å²) in [4.78, 5) is 8.86. The number of imidazole rings is 1. The Hall–Kier alpha value is -3.10. The highest BCUT2D eigenvalue weighted by atomic mass is 35.5. The average molecular weight is 438 g/mol. The number of aliphatic imine (C=N–C) groups is 1. The van der Waals surface area contributed by atoms with Gasteiger partial charge < -0.3 is 10.3 Å². The first-order valence-electron chi connectivity index (χ1n) is 9.30. The minimum absolute atomic E-state index is 0.235. The molecule has 0 spiro atoms. The standard InChI is InChI=1S/C21H20ClN7S/c1-12(2)29-9-8-25-20(29)14-5-3-4-13(10-14)19(23)30-21(24)27-17-7-6-16-15(18(17)22)11-26-28-16/h3-12,23H,1-2H3,(H2,24,27)(H,26,28). The number of H-pyrrole nitrogens is 1. The first-order chi connectivity index (χ1) is 14.4. The highest BCUT2D eigenvalue weighted by Gasteiger charge is 2.12. The fourth-order valence-corrected chi connectivity index (χ4v) is 3.97. The summed E-state index contributed by atoms with van der Waals surface area (Å²) >= 11 is 7.49. The molecule has 0 unspecified atom stereocenters. The van der Waals surface area contributed by atoms with Crippen molar-refractivity contribution in [3.05, 3.63) is 65.6 Å². The number of hydrogen-bond acceptors (Lipinski definition) is 5. The number of hydrogen-bond donors (Lipinski definition) is 3. The van der Waals surface area contributed by atoms with Gasteiger partial charge in [0.15, 0.2) is 5.17 Å². The van der Waals surface area contributed by atoms with E-state index in [4.69, 9.17) is 22.7 Å². The maximum Gasteiger partial charge on any atom is 0.165 e. The van der Waals surface area contributed by atoms with Crippen molar-refractivity contribution in [2.24, 2.45) is 10.7 Å². The number of thioether (sulfide) groups is 1. The molecule has 2 heterocycles. The van der Waals surface area contributed by atoms with Gasteiger partial charge in [0.1, 0.15) is 10.9 Å². The van der Waals surface area contributed by atoms with Crippen molar-refractivity contribution >= 4 is 50.2 Å². The van der Waals surface area contributed by atoms with Gasteiger partial charge in [0, 0.05) is 34.9 Å². The van der Waals surface area contributed by atoms with Gasteiger partial charge in [-0.25, -0.2) is 9.98 Å². The maximum absolute atomic E-state index is 8.47. The molecule has 4 rings (SSSR count). The van der Waals surface area contributed by atoms with E-state index in [0.29, 0.717) is 21.8 Å². The zero-order valence-electron chi connectivity index (χ0n) is 16.4. The molecule has 4 aromatic rings. The van der Waals surface area contributed by atoms with E-state index < -0.39 is 0 Å². The summed E-state index contributed by atoms with van der Waals surface area (Å²) in [6.45, 7) is 4.21. The van der Waals surface area contributed by atoms with Gasteiger partial charge in [-0.3, -0.25) is 10.5 Å². The molecule has 152 valence electrons. The fraction of sp³-hybridized carbons (Fsp3) is 0.143. The number of nitrogens with two attached hydrogens (primary N) is 1. The Bertz CT molecular complexity index is 1260. The number of rotatable bonds is 4. The van der Waals surface area contributed by atoms with Crippen LogP contribution in [-0.4, -0.2) is 30.0 Å². The van der Waals surface area contributed by atoms with Crippen LogP contribution in [0, 0.1) is 5.41 Å². The zero-order chi connectivity index (χ0) is 21.3. The van der Waals surface area contributed by atoms with Crippen LogP contribution in [0.2, 0.25) is 5.02 Å². The lowest BCUT2D eigenvalue weighted by Gasteiger charge is -2.12. The average Bonchev–Trinajstić information content (AvgIpc) is 3.40. The molecule has 4 N–H and O–H groups in total. The van der Waals surface area contributed by atoms with Crippen LogP contribution in [0.4, 0.5) is 5.69 Å². The predicted octanol–water partition coefficient (Wildman–Crippen LogP) is 5.37. The lowest BCUT2D eigenvalue weighted by atomic mass is 10.1. The van der Waals surface area contributed by atoms with Crippen molar-refractivity contribution < 1.29 is 0 Å². The van der Waals surface area contributed by atoms with Gasteiger partial charge in [0.05, 0.1) is 22.4 Å². The number of amidine groups is 1. The molecule has 2 aromatic carbocycles. The maximum atomic E-state index is 8.47. The summed E-state index contributed by atoms with van der Waals surface area (Å²) in [6.07, 6.45) is 5.39. The van der Waals surface area contributed by atoms with Gasteiger partial charge in [-0.05, 0) is 43.8 Å². The van der Waals surface area contributed by atoms with Crippen LogP contribution in [0.5, 0.6) is 0 Å². The summed E-state index contributed by atoms with van der Waals surface area (Å²) in [5.41, 5.74) is 9.15. The van der Waals surface area contributed by atoms with Crippen LogP contribution in [0.3, 0.4) is 0 Å². The van der Waals surface area contributed by atoms with Crippen molar-refractivity contribution in [2.45, 2.75) is 19.9 Å². The quantitative estimate of drug-likeness (QED) is 0.294. The SMILES string of the molecule is CC(C)n1ccnc1-c1cccc(C(=N)SC(N)=Nc2ccc3[nH]ncc3c2Cl)c1. The van der Waals surface area contributed by atoms with E-state index in [2.05, 4.69) is 38.6 Å². The largest absolute Gasteiger partial charge is 0.378 e. The minimum Gasteiger partial charge on any atom is -0.378 e. The van der Waals surface area contributed by atoms with Crippen molar-refractivity contribution in [2.75, 3.05) is 0 Å². The van der Waals surface area contributed by atoms with Gasteiger partial charge in [-0.1, -0.05) is 29.8 Å². The number of nitrogens with one attached hydrogen (secondary N) is 2. The van der Waals surface area contributed by atoms with Crippen molar-refractivity contribution in [1.82, 2.24) is 19.7 Å². The Morgan fingerprint density at radius 1 is 1.30 bits per heavy atom. The van der Waals surface area contributed by atoms with Crippen LogP contribution in [0.15, 0.2) is 60.0 Å². The highest BCUT2D eigenvalue weighted by molar-refractivity contribution is 8.26. The van der Waals surface area contributed by atoms with Gasteiger partial charge in [0.25, 0.3) is 0 Å². The Morgan fingerprint density at radius 2 is 2.13 bits per heavy atom. The van der Waals surface area contributed by atoms with E-state index in [-0.39, 0.29) is 5.17 Å². The summed E-state index contributed by atoms with van der Waals surface area (Å²) in [7, 11) is 0. The topological polar surface area (TPSA) is 109 Å². The van der Waals surface area contributed by atoms with E-state index >= 15 is 0 Å². The second kappa shape index (κ2) is 8.33. The van der Waals surface area contributed by atoms with E-state index in [1.165, 1.54) is 0 Å². The number of aromatic nitrogens is 4. The van der Waals surface area contributed by atoms with E-state index in [1.54, 1.807) is 18.5 Å². The molecule has 0 amide bonds. The third-order valence-electron chi connectivity index (χ3n) is 4.58. The molecular formula is C21H20ClN7S. The molecule has 0 atom stereocenters. The smallest absolute Gasteiger partial charge is 0.165 e. The molecule has 0 aliphatic heterocycles. The third-order valence-corrected chi connectivity index (χ3v) is 5.72. The Balaban J connectivity index is 1.57. The molecule has 0 aliphatic carbocycles. The Labute approximate surface area is 182 Å². The number of fused-ring (bicyclic) bond motifs is 1. The molecular weight excluding hydrogens is 418 g/mol. The second-order valence-corrected chi connectivity index (χ2v) is 8.35. The van der Waals surface area contributed by atoms with E-state index in [1.807, 2.05) is 36.5 Å². The number of halogens is 1. The lowest BCUT2D eigenvalue weighted by molar-refractivity contribution is 0.606. The van der Waals surface area contributed by atoms with Gasteiger partial charge in [-0.15, -0.1) is 0 Å². The summed E-state index contributed by atoms with van der Waals surface area (Å²) in [5.74, 6) is 0.867. The molecule has 0 fully saturated rings. The Kier molecular flexibility index (Phi) is 5.61. The first-order valence-corrected chi connectivity index (χ1v) is 10.5. The van der Waals surface area contributed by atoms with Gasteiger partial charge >= 0.3 is 0 Å². The molecule has 7 nitrogen and oxygen atoms in total. The second-order valence-electron chi connectivity index (χ2n) is 6.94. The molecule has 0 saturated heterocycles. The lowest BCUT2D eigenvalue weighted by Crippen LogP contribution is -2.10. The van der Waals surface area contributed by atoms with Crippen molar-refractivity contribution in [1.29, 1.82) is 5.41 Å². The summed E-state index contributed by atoms with van der Waals surface area (Å²) < 4.78 is 2.10. The fourth-order valence-electron chi connectivity index (χ4n) is 3.12. The first kappa shape index (κ1) is 20.2. The van der Waals surface area contributed by atoms with Crippen molar-refractivity contribution in [3.8, 4) is 11.4 Å². The van der Waals surface area contributed by atoms with Crippen LogP contribution in [0.25, 0.3) is 22.3 Å². The van der Waals surface area contributed by atoms with Crippen LogP contribution in [0.1, 0.15) is 25.5 Å². The van der Waals surface area contributed by atoms with Gasteiger partial charge in [0.2, 0.25) is 0 Å². The van der Waals surface area contributed by atoms with Gasteiger partial charge in [-0.2, -0.15) is 5.10 Å². The molecule has 0 saturated carbocycles. The summed E-state index contributed by atoms with van der Waals surface area (Å²) in [6, 6.07) is 11.6. The monoisotopic (exact) mass is 437 g/mol. The molecule has 30 heavy (non-hydrogen) atoms. The molecule has 9 heteroatoms. The van der Waals surface area contributed by atoms with E-state index in [9.17, 15) is 0 Å². The Morgan fingerprint density at radius 3 is 2.93 bits per heavy atom. The molecule has 2 aromatic heterocycles. The minimum atomic E-state index is 0.235. The van der Waals surface area contributed by atoms with Crippen LogP contribution < -0.4 is 5.73 Å². The number of aromatic amines is 1. The van der Waals surface area contributed by atoms with Crippen LogP contribution >= 0.6 is 23.4 Å².